The maximum atomic E-state index is 12.6. The second-order valence-electron chi connectivity index (χ2n) is 6.93. The minimum Gasteiger partial charge on any atom is -0.381 e. The number of rotatable bonds is 3. The summed E-state index contributed by atoms with van der Waals surface area (Å²) in [6.45, 7) is 4.82. The van der Waals surface area contributed by atoms with Gasteiger partial charge in [0, 0.05) is 45.1 Å². The molecule has 0 aromatic carbocycles. The van der Waals surface area contributed by atoms with Crippen molar-refractivity contribution in [2.45, 2.75) is 50.7 Å². The fraction of sp³-hybridized carbons (Fsp3) is 0.765. The third kappa shape index (κ3) is 3.34. The number of hydrogen-bond donors (Lipinski definition) is 0. The van der Waals surface area contributed by atoms with Crippen LogP contribution in [0.2, 0.25) is 0 Å². The van der Waals surface area contributed by atoms with Crippen LogP contribution in [0.4, 0.5) is 0 Å². The molecular weight excluding hydrogens is 308 g/mol. The minimum atomic E-state index is 0.0787. The van der Waals surface area contributed by atoms with Crippen molar-refractivity contribution in [2.24, 2.45) is 0 Å². The van der Waals surface area contributed by atoms with Crippen LogP contribution < -0.4 is 0 Å². The first-order valence-electron chi connectivity index (χ1n) is 9.09. The average Bonchev–Trinajstić information content (AvgIpc) is 3.12. The molecule has 3 aliphatic heterocycles. The number of carbonyl (C=O) groups excluding carboxylic acids is 1. The molecule has 3 aliphatic rings. The molecule has 0 bridgehead atoms. The molecule has 0 saturated carbocycles. The van der Waals surface area contributed by atoms with Gasteiger partial charge in [0.15, 0.2) is 0 Å². The summed E-state index contributed by atoms with van der Waals surface area (Å²) in [7, 11) is 0. The summed E-state index contributed by atoms with van der Waals surface area (Å²) in [6.07, 6.45) is 6.51. The van der Waals surface area contributed by atoms with Gasteiger partial charge in [-0.25, -0.2) is 5.06 Å². The highest BCUT2D eigenvalue weighted by atomic mass is 16.7. The van der Waals surface area contributed by atoms with Crippen LogP contribution >= 0.6 is 0 Å². The fourth-order valence-corrected chi connectivity index (χ4v) is 3.99. The number of fused-ring (bicyclic) bond motifs is 1. The lowest BCUT2D eigenvalue weighted by molar-refractivity contribution is -0.198. The van der Waals surface area contributed by atoms with E-state index in [1.807, 2.05) is 10.9 Å². The van der Waals surface area contributed by atoms with E-state index in [4.69, 9.17) is 9.57 Å². The second-order valence-corrected chi connectivity index (χ2v) is 6.93. The lowest BCUT2D eigenvalue weighted by Gasteiger charge is -2.40. The van der Waals surface area contributed by atoms with Crippen LogP contribution in [0.3, 0.4) is 0 Å². The van der Waals surface area contributed by atoms with Crippen molar-refractivity contribution in [3.63, 3.8) is 0 Å². The van der Waals surface area contributed by atoms with Crippen LogP contribution in [-0.2, 0) is 20.9 Å². The Morgan fingerprint density at radius 2 is 2.12 bits per heavy atom. The lowest BCUT2D eigenvalue weighted by Crippen LogP contribution is -2.47. The first kappa shape index (κ1) is 16.1. The first-order valence-corrected chi connectivity index (χ1v) is 9.09. The van der Waals surface area contributed by atoms with Crippen LogP contribution in [0.25, 0.3) is 0 Å². The molecule has 4 heterocycles. The van der Waals surface area contributed by atoms with E-state index in [0.29, 0.717) is 25.6 Å². The third-order valence-electron chi connectivity index (χ3n) is 5.31. The number of aromatic nitrogens is 2. The molecule has 0 spiro atoms. The zero-order valence-corrected chi connectivity index (χ0v) is 14.1. The third-order valence-corrected chi connectivity index (χ3v) is 5.31. The van der Waals surface area contributed by atoms with Gasteiger partial charge in [0.2, 0.25) is 5.91 Å². The Hall–Kier alpha value is -1.44. The van der Waals surface area contributed by atoms with Crippen molar-refractivity contribution < 1.29 is 14.4 Å². The Kier molecular flexibility index (Phi) is 4.82. The average molecular weight is 334 g/mol. The molecule has 1 atom stereocenters. The topological polar surface area (TPSA) is 59.8 Å². The van der Waals surface area contributed by atoms with Crippen molar-refractivity contribution in [3.05, 3.63) is 18.0 Å². The fourth-order valence-electron chi connectivity index (χ4n) is 3.99. The molecule has 0 N–H and O–H groups in total. The molecule has 1 aromatic heterocycles. The summed E-state index contributed by atoms with van der Waals surface area (Å²) < 4.78 is 7.53. The minimum absolute atomic E-state index is 0.0787. The van der Waals surface area contributed by atoms with Crippen LogP contribution in [0.1, 0.15) is 43.8 Å². The Labute approximate surface area is 142 Å². The van der Waals surface area contributed by atoms with E-state index in [1.54, 1.807) is 5.06 Å². The number of carbonyl (C=O) groups is 1. The zero-order chi connectivity index (χ0) is 16.4. The highest BCUT2D eigenvalue weighted by molar-refractivity contribution is 5.75. The Morgan fingerprint density at radius 3 is 2.92 bits per heavy atom. The Morgan fingerprint density at radius 1 is 1.25 bits per heavy atom. The highest BCUT2D eigenvalue weighted by Gasteiger charge is 2.33. The van der Waals surface area contributed by atoms with Gasteiger partial charge in [-0.3, -0.25) is 19.2 Å². The molecule has 1 unspecified atom stereocenters. The van der Waals surface area contributed by atoms with Gasteiger partial charge < -0.3 is 4.74 Å². The summed E-state index contributed by atoms with van der Waals surface area (Å²) in [5.74, 6) is 0.0787. The van der Waals surface area contributed by atoms with Crippen molar-refractivity contribution in [1.82, 2.24) is 19.7 Å². The first-order chi connectivity index (χ1) is 11.8. The zero-order valence-electron chi connectivity index (χ0n) is 14.1. The van der Waals surface area contributed by atoms with Crippen molar-refractivity contribution in [2.75, 3.05) is 32.9 Å². The van der Waals surface area contributed by atoms with Crippen LogP contribution in [-0.4, -0.2) is 64.6 Å². The van der Waals surface area contributed by atoms with Gasteiger partial charge in [0.25, 0.3) is 0 Å². The van der Waals surface area contributed by atoms with Crippen molar-refractivity contribution in [3.8, 4) is 0 Å². The molecule has 2 saturated heterocycles. The summed E-state index contributed by atoms with van der Waals surface area (Å²) in [6, 6.07) is 2.70. The molecule has 132 valence electrons. The molecule has 1 amide bonds. The molecule has 7 heteroatoms. The maximum absolute atomic E-state index is 12.6. The van der Waals surface area contributed by atoms with Gasteiger partial charge >= 0.3 is 0 Å². The van der Waals surface area contributed by atoms with Gasteiger partial charge in [-0.05, 0) is 31.7 Å². The number of nitrogens with zero attached hydrogens (tertiary/aromatic N) is 4. The van der Waals surface area contributed by atoms with Crippen LogP contribution in [0.15, 0.2) is 12.3 Å². The summed E-state index contributed by atoms with van der Waals surface area (Å²) in [4.78, 5) is 20.6. The quantitative estimate of drug-likeness (QED) is 0.835. The van der Waals surface area contributed by atoms with E-state index in [1.165, 1.54) is 5.69 Å². The smallest absolute Gasteiger partial charge is 0.248 e. The lowest BCUT2D eigenvalue weighted by atomic mass is 10.0. The monoisotopic (exact) mass is 334 g/mol. The summed E-state index contributed by atoms with van der Waals surface area (Å²) in [5.41, 5.74) is 1.20. The molecule has 0 aliphatic carbocycles. The largest absolute Gasteiger partial charge is 0.381 e. The molecular formula is C17H26N4O3. The van der Waals surface area contributed by atoms with Crippen LogP contribution in [0.5, 0.6) is 0 Å². The molecule has 4 rings (SSSR count). The van der Waals surface area contributed by atoms with Gasteiger partial charge in [-0.1, -0.05) is 0 Å². The van der Waals surface area contributed by atoms with Crippen molar-refractivity contribution >= 4 is 5.91 Å². The predicted octanol–water partition coefficient (Wildman–Crippen LogP) is 1.36. The summed E-state index contributed by atoms with van der Waals surface area (Å²) in [5, 5.41) is 6.03. The second kappa shape index (κ2) is 7.21. The van der Waals surface area contributed by atoms with E-state index in [0.717, 1.165) is 52.0 Å². The molecule has 2 fully saturated rings. The standard InChI is InChI=1S/C17H26N4O3/c22-17(20-7-1-2-8-24-20)11-16-13-19(14-4-9-23-10-5-14)12-15-3-6-18-21(15)16/h3,6,14,16H,1-2,4-5,7-13H2. The molecule has 1 aromatic rings. The van der Waals surface area contributed by atoms with E-state index in [-0.39, 0.29) is 11.9 Å². The van der Waals surface area contributed by atoms with Crippen LogP contribution in [0, 0.1) is 0 Å². The van der Waals surface area contributed by atoms with E-state index in [9.17, 15) is 4.79 Å². The molecule has 24 heavy (non-hydrogen) atoms. The molecule has 7 nitrogen and oxygen atoms in total. The Balaban J connectivity index is 1.45. The van der Waals surface area contributed by atoms with Gasteiger partial charge in [-0.2, -0.15) is 5.10 Å². The normalized spacial score (nSPS) is 26.3. The highest BCUT2D eigenvalue weighted by Crippen LogP contribution is 2.28. The number of ether oxygens (including phenoxy) is 1. The molecule has 0 radical (unpaired) electrons. The number of hydrogen-bond acceptors (Lipinski definition) is 5. The maximum Gasteiger partial charge on any atom is 0.248 e. The number of amides is 1. The van der Waals surface area contributed by atoms with Gasteiger partial charge in [0.1, 0.15) is 0 Å². The van der Waals surface area contributed by atoms with E-state index < -0.39 is 0 Å². The van der Waals surface area contributed by atoms with E-state index in [2.05, 4.69) is 16.1 Å². The van der Waals surface area contributed by atoms with E-state index >= 15 is 0 Å². The van der Waals surface area contributed by atoms with Gasteiger partial charge in [0.05, 0.1) is 24.8 Å². The van der Waals surface area contributed by atoms with Crippen molar-refractivity contribution in [1.29, 1.82) is 0 Å². The van der Waals surface area contributed by atoms with Gasteiger partial charge in [-0.15, -0.1) is 0 Å². The SMILES string of the molecule is O=C(CC1CN(C2CCOCC2)Cc2ccnn21)N1CCCCO1. The Bertz CT molecular complexity index is 564. The number of hydroxylamine groups is 2. The predicted molar refractivity (Wildman–Crippen MR) is 87.0 cm³/mol. The summed E-state index contributed by atoms with van der Waals surface area (Å²) >= 11 is 0.